The number of nitrogens with two attached hydrogens (primary N) is 1. The van der Waals surface area contributed by atoms with Crippen LogP contribution in [0.2, 0.25) is 0 Å². The zero-order valence-corrected chi connectivity index (χ0v) is 14.9. The number of carbonyl (C=O) groups excluding carboxylic acids is 1. The second kappa shape index (κ2) is 7.08. The Kier molecular flexibility index (Phi) is 4.45. The molecule has 0 heterocycles. The maximum absolute atomic E-state index is 12.3. The number of hydrogen-bond donors (Lipinski definition) is 3. The Morgan fingerprint density at radius 3 is 2.18 bits per heavy atom. The predicted octanol–water partition coefficient (Wildman–Crippen LogP) is 4.33. The van der Waals surface area contributed by atoms with E-state index in [1.807, 2.05) is 36.4 Å². The molecule has 3 aromatic carbocycles. The van der Waals surface area contributed by atoms with Gasteiger partial charge in [-0.25, -0.2) is 9.59 Å². The number of fused-ring (bicyclic) bond motifs is 3. The monoisotopic (exact) mass is 374 g/mol. The lowest BCUT2D eigenvalue weighted by Crippen LogP contribution is -2.18. The molecule has 4 rings (SSSR count). The molecule has 1 aliphatic carbocycles. The quantitative estimate of drug-likeness (QED) is 0.590. The number of aromatic carboxylic acids is 1. The number of rotatable bonds is 4. The third-order valence-electron chi connectivity index (χ3n) is 4.88. The van der Waals surface area contributed by atoms with Crippen LogP contribution in [0.1, 0.15) is 27.4 Å². The van der Waals surface area contributed by atoms with Crippen molar-refractivity contribution in [1.82, 2.24) is 0 Å². The van der Waals surface area contributed by atoms with Crippen LogP contribution < -0.4 is 11.1 Å². The van der Waals surface area contributed by atoms with E-state index in [-0.39, 0.29) is 29.5 Å². The molecule has 0 saturated carbocycles. The molecule has 6 heteroatoms. The second-order valence-electron chi connectivity index (χ2n) is 6.56. The van der Waals surface area contributed by atoms with Crippen LogP contribution in [-0.2, 0) is 4.74 Å². The van der Waals surface area contributed by atoms with E-state index in [0.717, 1.165) is 22.3 Å². The molecule has 6 nitrogen and oxygen atoms in total. The summed E-state index contributed by atoms with van der Waals surface area (Å²) in [7, 11) is 0. The number of benzene rings is 3. The molecule has 140 valence electrons. The number of carboxylic acids is 1. The van der Waals surface area contributed by atoms with E-state index in [1.165, 1.54) is 18.2 Å². The lowest BCUT2D eigenvalue weighted by Gasteiger charge is -2.15. The summed E-state index contributed by atoms with van der Waals surface area (Å²) in [6.07, 6.45) is -0.684. The van der Waals surface area contributed by atoms with Gasteiger partial charge < -0.3 is 15.6 Å². The molecule has 3 aromatic rings. The zero-order chi connectivity index (χ0) is 19.7. The highest BCUT2D eigenvalue weighted by Gasteiger charge is 2.29. The highest BCUT2D eigenvalue weighted by Crippen LogP contribution is 2.44. The highest BCUT2D eigenvalue weighted by atomic mass is 16.5. The van der Waals surface area contributed by atoms with Crippen molar-refractivity contribution in [2.75, 3.05) is 17.7 Å². The predicted molar refractivity (Wildman–Crippen MR) is 107 cm³/mol. The van der Waals surface area contributed by atoms with E-state index in [0.29, 0.717) is 0 Å². The maximum atomic E-state index is 12.3. The second-order valence-corrected chi connectivity index (χ2v) is 6.56. The summed E-state index contributed by atoms with van der Waals surface area (Å²) in [5.41, 5.74) is 10.8. The van der Waals surface area contributed by atoms with Gasteiger partial charge in [0.15, 0.2) is 0 Å². The van der Waals surface area contributed by atoms with Gasteiger partial charge in [-0.1, -0.05) is 48.5 Å². The molecule has 0 unspecified atom stereocenters. The smallest absolute Gasteiger partial charge is 0.411 e. The van der Waals surface area contributed by atoms with E-state index in [9.17, 15) is 9.59 Å². The average Bonchev–Trinajstić information content (AvgIpc) is 3.02. The standard InChI is InChI=1S/C22H18N2O4/c23-19-10-9-13(21(25)26)11-20(19)24-22(27)28-12-18-16-7-3-1-5-14(16)15-6-2-4-8-17(15)18/h1-11,18H,12,23H2,(H,24,27)(H,25,26). The number of carbonyl (C=O) groups is 2. The van der Waals surface area contributed by atoms with E-state index < -0.39 is 12.1 Å². The van der Waals surface area contributed by atoms with Gasteiger partial charge in [-0.2, -0.15) is 0 Å². The van der Waals surface area contributed by atoms with Crippen molar-refractivity contribution >= 4 is 23.4 Å². The van der Waals surface area contributed by atoms with Crippen molar-refractivity contribution in [2.24, 2.45) is 0 Å². The largest absolute Gasteiger partial charge is 0.478 e. The SMILES string of the molecule is Nc1ccc(C(=O)O)cc1NC(=O)OCC1c2ccccc2-c2ccccc21. The minimum absolute atomic E-state index is 0.0307. The average molecular weight is 374 g/mol. The molecule has 4 N–H and O–H groups in total. The Morgan fingerprint density at radius 2 is 1.57 bits per heavy atom. The first kappa shape index (κ1) is 17.6. The van der Waals surface area contributed by atoms with Gasteiger partial charge in [-0.15, -0.1) is 0 Å². The fourth-order valence-corrected chi connectivity index (χ4v) is 3.54. The zero-order valence-electron chi connectivity index (χ0n) is 14.9. The van der Waals surface area contributed by atoms with Crippen molar-refractivity contribution in [2.45, 2.75) is 5.92 Å². The third kappa shape index (κ3) is 3.16. The molecular weight excluding hydrogens is 356 g/mol. The van der Waals surface area contributed by atoms with Gasteiger partial charge in [0.25, 0.3) is 0 Å². The molecular formula is C22H18N2O4. The van der Waals surface area contributed by atoms with E-state index in [4.69, 9.17) is 15.6 Å². The summed E-state index contributed by atoms with van der Waals surface area (Å²) in [6, 6.07) is 20.2. The van der Waals surface area contributed by atoms with Crippen LogP contribution in [0.4, 0.5) is 16.2 Å². The van der Waals surface area contributed by atoms with Gasteiger partial charge in [0.05, 0.1) is 16.9 Å². The summed E-state index contributed by atoms with van der Waals surface area (Å²) in [5.74, 6) is -1.16. The van der Waals surface area contributed by atoms with Crippen LogP contribution in [0, 0.1) is 0 Å². The van der Waals surface area contributed by atoms with E-state index in [2.05, 4.69) is 17.4 Å². The first-order chi connectivity index (χ1) is 13.5. The van der Waals surface area contributed by atoms with Crippen molar-refractivity contribution in [3.8, 4) is 11.1 Å². The van der Waals surface area contributed by atoms with Gasteiger partial charge in [0.2, 0.25) is 0 Å². The fraction of sp³-hybridized carbons (Fsp3) is 0.0909. The van der Waals surface area contributed by atoms with Gasteiger partial charge in [0, 0.05) is 5.92 Å². The van der Waals surface area contributed by atoms with Gasteiger partial charge in [0.1, 0.15) is 6.61 Å². The van der Waals surface area contributed by atoms with Crippen LogP contribution in [0.15, 0.2) is 66.7 Å². The molecule has 0 aromatic heterocycles. The molecule has 0 spiro atoms. The van der Waals surface area contributed by atoms with Crippen molar-refractivity contribution in [1.29, 1.82) is 0 Å². The number of anilines is 2. The van der Waals surface area contributed by atoms with E-state index in [1.54, 1.807) is 0 Å². The minimum Gasteiger partial charge on any atom is -0.478 e. The summed E-state index contributed by atoms with van der Waals surface area (Å²) in [5, 5.41) is 11.6. The van der Waals surface area contributed by atoms with Crippen molar-refractivity contribution in [3.05, 3.63) is 83.4 Å². The molecule has 0 saturated heterocycles. The number of amides is 1. The molecule has 28 heavy (non-hydrogen) atoms. The van der Waals surface area contributed by atoms with E-state index >= 15 is 0 Å². The molecule has 0 fully saturated rings. The fourth-order valence-electron chi connectivity index (χ4n) is 3.54. The van der Waals surface area contributed by atoms with Gasteiger partial charge in [-0.05, 0) is 40.5 Å². The Balaban J connectivity index is 1.50. The first-order valence-corrected chi connectivity index (χ1v) is 8.79. The summed E-state index contributed by atoms with van der Waals surface area (Å²) in [6.45, 7) is 0.165. The topological polar surface area (TPSA) is 102 Å². The number of nitrogens with one attached hydrogen (secondary N) is 1. The molecule has 0 aliphatic heterocycles. The minimum atomic E-state index is -1.10. The van der Waals surface area contributed by atoms with Crippen molar-refractivity contribution < 1.29 is 19.4 Å². The lowest BCUT2D eigenvalue weighted by atomic mass is 9.98. The Labute approximate surface area is 161 Å². The van der Waals surface area contributed by atoms with Crippen LogP contribution in [-0.4, -0.2) is 23.8 Å². The molecule has 1 aliphatic rings. The van der Waals surface area contributed by atoms with Crippen LogP contribution in [0.3, 0.4) is 0 Å². The highest BCUT2D eigenvalue weighted by molar-refractivity contribution is 5.94. The molecule has 1 amide bonds. The first-order valence-electron chi connectivity index (χ1n) is 8.79. The lowest BCUT2D eigenvalue weighted by molar-refractivity contribution is 0.0697. The Morgan fingerprint density at radius 1 is 0.964 bits per heavy atom. The number of carboxylic acid groups (broad SMARTS) is 1. The van der Waals surface area contributed by atoms with Gasteiger partial charge >= 0.3 is 12.1 Å². The van der Waals surface area contributed by atoms with Crippen LogP contribution >= 0.6 is 0 Å². The summed E-state index contributed by atoms with van der Waals surface area (Å²) < 4.78 is 5.45. The Bertz CT molecular complexity index is 1030. The summed E-state index contributed by atoms with van der Waals surface area (Å²) in [4.78, 5) is 23.4. The number of hydrogen-bond acceptors (Lipinski definition) is 4. The third-order valence-corrected chi connectivity index (χ3v) is 4.88. The molecule has 0 bridgehead atoms. The number of ether oxygens (including phenoxy) is 1. The normalized spacial score (nSPS) is 12.1. The maximum Gasteiger partial charge on any atom is 0.411 e. The Hall–Kier alpha value is -3.80. The van der Waals surface area contributed by atoms with Crippen LogP contribution in [0.25, 0.3) is 11.1 Å². The van der Waals surface area contributed by atoms with Crippen LogP contribution in [0.5, 0.6) is 0 Å². The van der Waals surface area contributed by atoms with Gasteiger partial charge in [-0.3, -0.25) is 5.32 Å². The number of nitrogen functional groups attached to an aromatic ring is 1. The molecule has 0 atom stereocenters. The molecule has 0 radical (unpaired) electrons. The van der Waals surface area contributed by atoms with Crippen molar-refractivity contribution in [3.63, 3.8) is 0 Å². The summed E-state index contributed by atoms with van der Waals surface area (Å²) >= 11 is 0.